The zero-order valence-electron chi connectivity index (χ0n) is 13.7. The fraction of sp³-hybridized carbons (Fsp3) is 0.588. The number of rotatable bonds is 5. The van der Waals surface area contributed by atoms with Gasteiger partial charge in [-0.3, -0.25) is 14.5 Å². The molecule has 2 saturated heterocycles. The lowest BCUT2D eigenvalue weighted by molar-refractivity contribution is -0.202. The first-order valence-corrected chi connectivity index (χ1v) is 8.16. The number of likely N-dealkylation sites (tertiary alicyclic amines) is 1. The van der Waals surface area contributed by atoms with Crippen LogP contribution in [0.4, 0.5) is 8.78 Å². The minimum atomic E-state index is -2.82. The lowest BCUT2D eigenvalue weighted by Gasteiger charge is -2.43. The Morgan fingerprint density at radius 3 is 2.58 bits per heavy atom. The molecule has 2 aliphatic rings. The van der Waals surface area contributed by atoms with Gasteiger partial charge in [0.15, 0.2) is 0 Å². The van der Waals surface area contributed by atoms with Gasteiger partial charge in [0.1, 0.15) is 5.75 Å². The average molecular weight is 340 g/mol. The van der Waals surface area contributed by atoms with Gasteiger partial charge in [0.25, 0.3) is 0 Å². The van der Waals surface area contributed by atoms with Gasteiger partial charge in [0.2, 0.25) is 5.91 Å². The van der Waals surface area contributed by atoms with Crippen molar-refractivity contribution in [2.75, 3.05) is 20.2 Å². The van der Waals surface area contributed by atoms with Gasteiger partial charge in [0, 0.05) is 31.6 Å². The first-order valence-electron chi connectivity index (χ1n) is 8.16. The molecule has 0 saturated carbocycles. The van der Waals surface area contributed by atoms with Gasteiger partial charge >= 0.3 is 6.61 Å². The van der Waals surface area contributed by atoms with Gasteiger partial charge in [-0.15, -0.1) is 0 Å². The Balaban J connectivity index is 1.63. The van der Waals surface area contributed by atoms with E-state index in [4.69, 9.17) is 4.84 Å². The fourth-order valence-corrected chi connectivity index (χ4v) is 3.77. The van der Waals surface area contributed by atoms with Crippen LogP contribution < -0.4 is 4.74 Å². The molecule has 0 aromatic heterocycles. The highest BCUT2D eigenvalue weighted by Crippen LogP contribution is 2.39. The first kappa shape index (κ1) is 17.1. The van der Waals surface area contributed by atoms with Crippen molar-refractivity contribution < 1.29 is 23.1 Å². The number of carbonyl (C=O) groups is 1. The molecule has 0 N–H and O–H groups in total. The van der Waals surface area contributed by atoms with Crippen molar-refractivity contribution in [1.29, 1.82) is 0 Å². The number of carbonyl (C=O) groups excluding carboxylic acids is 1. The van der Waals surface area contributed by atoms with Crippen molar-refractivity contribution in [3.05, 3.63) is 29.8 Å². The van der Waals surface area contributed by atoms with Crippen LogP contribution in [-0.2, 0) is 16.2 Å². The monoisotopic (exact) mass is 340 g/mol. The third kappa shape index (κ3) is 3.37. The molecule has 1 spiro atoms. The number of hydrogen-bond donors (Lipinski definition) is 0. The molecule has 1 aromatic carbocycles. The van der Waals surface area contributed by atoms with Crippen molar-refractivity contribution in [2.24, 2.45) is 0 Å². The van der Waals surface area contributed by atoms with Gasteiger partial charge in [0.05, 0.1) is 12.6 Å². The standard InChI is InChI=1S/C17H22F2N2O3/c1-23-21-15(22)6-7-17(21)8-10-20(11-9-17)12-13-4-2-3-5-14(13)24-16(18)19/h2-5,16H,6-12H2,1H3. The average Bonchev–Trinajstić information content (AvgIpc) is 2.87. The van der Waals surface area contributed by atoms with E-state index in [1.807, 2.05) is 12.1 Å². The first-order chi connectivity index (χ1) is 11.5. The van der Waals surface area contributed by atoms with E-state index in [9.17, 15) is 13.6 Å². The number of hydrogen-bond acceptors (Lipinski definition) is 4. The van der Waals surface area contributed by atoms with Crippen molar-refractivity contribution in [1.82, 2.24) is 9.96 Å². The van der Waals surface area contributed by atoms with Gasteiger partial charge < -0.3 is 4.74 Å². The van der Waals surface area contributed by atoms with Gasteiger partial charge in [-0.1, -0.05) is 18.2 Å². The Bertz CT molecular complexity index is 589. The molecular weight excluding hydrogens is 318 g/mol. The summed E-state index contributed by atoms with van der Waals surface area (Å²) in [6, 6.07) is 6.88. The highest BCUT2D eigenvalue weighted by molar-refractivity contribution is 5.78. The molecular formula is C17H22F2N2O3. The summed E-state index contributed by atoms with van der Waals surface area (Å²) in [4.78, 5) is 19.4. The van der Waals surface area contributed by atoms with E-state index >= 15 is 0 Å². The fourth-order valence-electron chi connectivity index (χ4n) is 3.77. The normalized spacial score (nSPS) is 21.0. The maximum absolute atomic E-state index is 12.5. The van der Waals surface area contributed by atoms with Crippen LogP contribution in [0.3, 0.4) is 0 Å². The summed E-state index contributed by atoms with van der Waals surface area (Å²) >= 11 is 0. The number of para-hydroxylation sites is 1. The molecule has 5 nitrogen and oxygen atoms in total. The SMILES string of the molecule is CON1C(=O)CCC12CCN(Cc1ccccc1OC(F)F)CC2. The maximum Gasteiger partial charge on any atom is 0.387 e. The summed E-state index contributed by atoms with van der Waals surface area (Å²) < 4.78 is 29.6. The predicted octanol–water partition coefficient (Wildman–Crippen LogP) is 2.81. The van der Waals surface area contributed by atoms with Gasteiger partial charge in [-0.05, 0) is 25.3 Å². The van der Waals surface area contributed by atoms with Crippen LogP contribution in [0.25, 0.3) is 0 Å². The van der Waals surface area contributed by atoms with Crippen LogP contribution in [0.2, 0.25) is 0 Å². The smallest absolute Gasteiger partial charge is 0.387 e. The number of benzene rings is 1. The van der Waals surface area contributed by atoms with Crippen LogP contribution >= 0.6 is 0 Å². The predicted molar refractivity (Wildman–Crippen MR) is 83.4 cm³/mol. The Hall–Kier alpha value is -1.73. The third-order valence-electron chi connectivity index (χ3n) is 5.01. The number of piperidine rings is 1. The minimum Gasteiger partial charge on any atom is -0.434 e. The molecule has 132 valence electrons. The molecule has 0 bridgehead atoms. The van der Waals surface area contributed by atoms with E-state index in [2.05, 4.69) is 9.64 Å². The van der Waals surface area contributed by atoms with E-state index in [1.54, 1.807) is 12.1 Å². The number of alkyl halides is 2. The van der Waals surface area contributed by atoms with Gasteiger partial charge in [-0.25, -0.2) is 5.06 Å². The van der Waals surface area contributed by atoms with Crippen LogP contribution in [0, 0.1) is 0 Å². The van der Waals surface area contributed by atoms with Gasteiger partial charge in [-0.2, -0.15) is 8.78 Å². The Kier molecular flexibility index (Phi) is 5.01. The molecule has 24 heavy (non-hydrogen) atoms. The number of halogens is 2. The van der Waals surface area contributed by atoms with Crippen molar-refractivity contribution in [2.45, 2.75) is 44.4 Å². The zero-order valence-corrected chi connectivity index (χ0v) is 13.7. The van der Waals surface area contributed by atoms with Crippen molar-refractivity contribution >= 4 is 5.91 Å². The van der Waals surface area contributed by atoms with E-state index in [0.29, 0.717) is 13.0 Å². The number of amides is 1. The molecule has 7 heteroatoms. The van der Waals surface area contributed by atoms with Crippen LogP contribution in [0.1, 0.15) is 31.2 Å². The second-order valence-electron chi connectivity index (χ2n) is 6.36. The van der Waals surface area contributed by atoms with Crippen LogP contribution in [0.5, 0.6) is 5.75 Å². The molecule has 1 aromatic rings. The summed E-state index contributed by atoms with van der Waals surface area (Å²) in [7, 11) is 1.54. The molecule has 2 heterocycles. The van der Waals surface area contributed by atoms with Crippen LogP contribution in [-0.4, -0.2) is 48.2 Å². The molecule has 2 fully saturated rings. The van der Waals surface area contributed by atoms with Crippen LogP contribution in [0.15, 0.2) is 24.3 Å². The molecule has 0 aliphatic carbocycles. The number of hydroxylamine groups is 2. The lowest BCUT2D eigenvalue weighted by Crippen LogP contribution is -2.52. The summed E-state index contributed by atoms with van der Waals surface area (Å²) in [5.41, 5.74) is 0.543. The molecule has 2 aliphatic heterocycles. The second kappa shape index (κ2) is 7.03. The summed E-state index contributed by atoms with van der Waals surface area (Å²) in [6.07, 6.45) is 2.99. The number of nitrogens with zero attached hydrogens (tertiary/aromatic N) is 2. The highest BCUT2D eigenvalue weighted by atomic mass is 19.3. The zero-order chi connectivity index (χ0) is 17.2. The quantitative estimate of drug-likeness (QED) is 0.827. The Labute approximate surface area is 140 Å². The van der Waals surface area contributed by atoms with Crippen molar-refractivity contribution in [3.8, 4) is 5.75 Å². The second-order valence-corrected chi connectivity index (χ2v) is 6.36. The molecule has 0 radical (unpaired) electrons. The molecule has 0 atom stereocenters. The topological polar surface area (TPSA) is 42.0 Å². The Morgan fingerprint density at radius 1 is 1.21 bits per heavy atom. The molecule has 3 rings (SSSR count). The van der Waals surface area contributed by atoms with E-state index < -0.39 is 6.61 Å². The summed E-state index contributed by atoms with van der Waals surface area (Å²) in [5, 5.41) is 1.54. The van der Waals surface area contributed by atoms with E-state index in [1.165, 1.54) is 12.2 Å². The lowest BCUT2D eigenvalue weighted by atomic mass is 9.86. The van der Waals surface area contributed by atoms with E-state index in [0.717, 1.165) is 37.9 Å². The van der Waals surface area contributed by atoms with E-state index in [-0.39, 0.29) is 17.2 Å². The van der Waals surface area contributed by atoms with Crippen molar-refractivity contribution in [3.63, 3.8) is 0 Å². The third-order valence-corrected chi connectivity index (χ3v) is 5.01. The maximum atomic E-state index is 12.5. The molecule has 1 amide bonds. The largest absolute Gasteiger partial charge is 0.434 e. The molecule has 0 unspecified atom stereocenters. The highest BCUT2D eigenvalue weighted by Gasteiger charge is 2.47. The number of ether oxygens (including phenoxy) is 1. The summed E-state index contributed by atoms with van der Waals surface area (Å²) in [5.74, 6) is 0.268. The Morgan fingerprint density at radius 2 is 1.92 bits per heavy atom. The summed E-state index contributed by atoms with van der Waals surface area (Å²) in [6.45, 7) is -0.692. The minimum absolute atomic E-state index is 0.0432.